The summed E-state index contributed by atoms with van der Waals surface area (Å²) < 4.78 is 0. The Balaban J connectivity index is 2.14. The van der Waals surface area contributed by atoms with Crippen LogP contribution < -0.4 is 5.73 Å². The molecule has 1 aromatic rings. The van der Waals surface area contributed by atoms with Crippen molar-refractivity contribution < 1.29 is 9.59 Å². The zero-order valence-electron chi connectivity index (χ0n) is 10.3. The molecule has 1 amide bonds. The lowest BCUT2D eigenvalue weighted by Gasteiger charge is -2.38. The summed E-state index contributed by atoms with van der Waals surface area (Å²) in [5.74, 6) is -0.107. The van der Waals surface area contributed by atoms with E-state index in [9.17, 15) is 9.59 Å². The summed E-state index contributed by atoms with van der Waals surface area (Å²) >= 11 is 0. The Morgan fingerprint density at radius 3 is 2.72 bits per heavy atom. The number of hydrogen-bond acceptors (Lipinski definition) is 3. The number of nitrogens with two attached hydrogens (primary N) is 1. The highest BCUT2D eigenvalue weighted by Gasteiger charge is 2.40. The van der Waals surface area contributed by atoms with E-state index in [0.717, 1.165) is 18.3 Å². The molecule has 18 heavy (non-hydrogen) atoms. The van der Waals surface area contributed by atoms with Gasteiger partial charge in [-0.25, -0.2) is 0 Å². The lowest BCUT2D eigenvalue weighted by molar-refractivity contribution is -0.141. The van der Waals surface area contributed by atoms with Crippen molar-refractivity contribution >= 4 is 12.2 Å². The van der Waals surface area contributed by atoms with Crippen LogP contribution in [0, 0.1) is 0 Å². The molecule has 1 atom stereocenters. The van der Waals surface area contributed by atoms with Gasteiger partial charge in [0.05, 0.1) is 12.1 Å². The van der Waals surface area contributed by atoms with Crippen molar-refractivity contribution in [1.29, 1.82) is 0 Å². The number of piperidine rings is 1. The smallest absolute Gasteiger partial charge is 0.243 e. The number of rotatable bonds is 4. The van der Waals surface area contributed by atoms with Crippen LogP contribution >= 0.6 is 0 Å². The average molecular weight is 246 g/mol. The van der Waals surface area contributed by atoms with Gasteiger partial charge in [0.2, 0.25) is 5.91 Å². The molecule has 1 aliphatic rings. The highest BCUT2D eigenvalue weighted by atomic mass is 16.2. The molecule has 2 rings (SSSR count). The van der Waals surface area contributed by atoms with Gasteiger partial charge in [-0.1, -0.05) is 30.3 Å². The molecule has 0 radical (unpaired) electrons. The van der Waals surface area contributed by atoms with E-state index in [-0.39, 0.29) is 12.5 Å². The summed E-state index contributed by atoms with van der Waals surface area (Å²) in [6.45, 7) is 0.776. The Morgan fingerprint density at radius 1 is 1.33 bits per heavy atom. The summed E-state index contributed by atoms with van der Waals surface area (Å²) in [5.41, 5.74) is 6.45. The van der Waals surface area contributed by atoms with Gasteiger partial charge < -0.3 is 15.4 Å². The fourth-order valence-electron chi connectivity index (χ4n) is 2.50. The number of amides is 1. The molecule has 0 aromatic heterocycles. The van der Waals surface area contributed by atoms with Crippen molar-refractivity contribution in [3.8, 4) is 0 Å². The van der Waals surface area contributed by atoms with Crippen molar-refractivity contribution in [1.82, 2.24) is 4.90 Å². The molecule has 1 heterocycles. The van der Waals surface area contributed by atoms with Crippen LogP contribution in [-0.4, -0.2) is 35.7 Å². The number of hydrogen-bond donors (Lipinski definition) is 1. The molecule has 1 fully saturated rings. The van der Waals surface area contributed by atoms with Gasteiger partial charge in [-0.15, -0.1) is 0 Å². The van der Waals surface area contributed by atoms with E-state index < -0.39 is 5.54 Å². The molecule has 0 saturated carbocycles. The molecule has 4 heteroatoms. The Bertz CT molecular complexity index is 433. The normalized spacial score (nSPS) is 24.1. The second-order valence-electron chi connectivity index (χ2n) is 4.84. The molecule has 2 N–H and O–H groups in total. The van der Waals surface area contributed by atoms with Crippen LogP contribution in [0.2, 0.25) is 0 Å². The van der Waals surface area contributed by atoms with Gasteiger partial charge in [-0.2, -0.15) is 0 Å². The van der Waals surface area contributed by atoms with E-state index >= 15 is 0 Å². The summed E-state index contributed by atoms with van der Waals surface area (Å²) in [7, 11) is 0. The Hall–Kier alpha value is -1.68. The minimum Gasteiger partial charge on any atom is -0.334 e. The van der Waals surface area contributed by atoms with Gasteiger partial charge >= 0.3 is 0 Å². The largest absolute Gasteiger partial charge is 0.334 e. The minimum absolute atomic E-state index is 0.107. The topological polar surface area (TPSA) is 63.4 Å². The van der Waals surface area contributed by atoms with E-state index in [1.807, 2.05) is 30.3 Å². The van der Waals surface area contributed by atoms with Crippen LogP contribution in [0.1, 0.15) is 18.4 Å². The average Bonchev–Trinajstić information content (AvgIpc) is 2.37. The van der Waals surface area contributed by atoms with E-state index in [1.165, 1.54) is 0 Å². The third-order valence-electron chi connectivity index (χ3n) is 3.42. The van der Waals surface area contributed by atoms with Crippen LogP contribution in [0.4, 0.5) is 0 Å². The molecular weight excluding hydrogens is 228 g/mol. The van der Waals surface area contributed by atoms with Gasteiger partial charge in [0.25, 0.3) is 0 Å². The fourth-order valence-corrected chi connectivity index (χ4v) is 2.50. The minimum atomic E-state index is -0.859. The predicted molar refractivity (Wildman–Crippen MR) is 68.9 cm³/mol. The van der Waals surface area contributed by atoms with E-state index in [0.29, 0.717) is 19.4 Å². The van der Waals surface area contributed by atoms with Gasteiger partial charge in [0.1, 0.15) is 6.29 Å². The monoisotopic (exact) mass is 246 g/mol. The molecule has 1 unspecified atom stereocenters. The highest BCUT2D eigenvalue weighted by molar-refractivity contribution is 5.88. The molecule has 0 bridgehead atoms. The third-order valence-corrected chi connectivity index (χ3v) is 3.42. The van der Waals surface area contributed by atoms with E-state index in [4.69, 9.17) is 5.73 Å². The highest BCUT2D eigenvalue weighted by Crippen LogP contribution is 2.24. The predicted octanol–water partition coefficient (Wildman–Crippen LogP) is 0.748. The number of carbonyl (C=O) groups is 2. The van der Waals surface area contributed by atoms with Gasteiger partial charge in [0.15, 0.2) is 0 Å². The van der Waals surface area contributed by atoms with Crippen molar-refractivity contribution in [3.05, 3.63) is 35.9 Å². The number of carbonyl (C=O) groups excluding carboxylic acids is 2. The lowest BCUT2D eigenvalue weighted by atomic mass is 9.83. The Morgan fingerprint density at radius 2 is 2.06 bits per heavy atom. The van der Waals surface area contributed by atoms with Crippen LogP contribution in [0.3, 0.4) is 0 Å². The molecular formula is C14H18N2O2. The molecule has 1 saturated heterocycles. The maximum absolute atomic E-state index is 12.3. The molecule has 0 aliphatic carbocycles. The number of likely N-dealkylation sites (tertiary alicyclic amines) is 1. The maximum atomic E-state index is 12.3. The summed E-state index contributed by atoms with van der Waals surface area (Å²) in [6, 6.07) is 9.76. The number of benzene rings is 1. The standard InChI is InChI=1S/C14H18N2O2/c15-14(11-12-5-2-1-3-6-12)7-4-8-16(9-10-17)13(14)18/h1-3,5-6,10H,4,7-9,11,15H2. The molecule has 4 nitrogen and oxygen atoms in total. The van der Waals surface area contributed by atoms with E-state index in [2.05, 4.69) is 0 Å². The second-order valence-corrected chi connectivity index (χ2v) is 4.84. The van der Waals surface area contributed by atoms with Crippen molar-refractivity contribution in [3.63, 3.8) is 0 Å². The summed E-state index contributed by atoms with van der Waals surface area (Å²) in [6.07, 6.45) is 2.81. The first-order chi connectivity index (χ1) is 8.65. The third kappa shape index (κ3) is 2.59. The van der Waals surface area contributed by atoms with Crippen LogP contribution in [0.25, 0.3) is 0 Å². The van der Waals surface area contributed by atoms with Crippen LogP contribution in [-0.2, 0) is 16.0 Å². The number of nitrogens with zero attached hydrogens (tertiary/aromatic N) is 1. The first-order valence-corrected chi connectivity index (χ1v) is 6.21. The zero-order valence-corrected chi connectivity index (χ0v) is 10.3. The van der Waals surface area contributed by atoms with Crippen LogP contribution in [0.15, 0.2) is 30.3 Å². The van der Waals surface area contributed by atoms with Gasteiger partial charge in [-0.05, 0) is 24.8 Å². The quantitative estimate of drug-likeness (QED) is 0.797. The first-order valence-electron chi connectivity index (χ1n) is 6.21. The van der Waals surface area contributed by atoms with Crippen molar-refractivity contribution in [2.75, 3.05) is 13.1 Å². The first kappa shape index (κ1) is 12.8. The van der Waals surface area contributed by atoms with Crippen molar-refractivity contribution in [2.24, 2.45) is 5.73 Å². The molecule has 0 spiro atoms. The van der Waals surface area contributed by atoms with Gasteiger partial charge in [0, 0.05) is 6.54 Å². The number of aldehydes is 1. The van der Waals surface area contributed by atoms with Crippen LogP contribution in [0.5, 0.6) is 0 Å². The maximum Gasteiger partial charge on any atom is 0.243 e. The summed E-state index contributed by atoms with van der Waals surface area (Å²) in [4.78, 5) is 24.4. The van der Waals surface area contributed by atoms with Crippen molar-refractivity contribution in [2.45, 2.75) is 24.8 Å². The van der Waals surface area contributed by atoms with Gasteiger partial charge in [-0.3, -0.25) is 4.79 Å². The summed E-state index contributed by atoms with van der Waals surface area (Å²) in [5, 5.41) is 0. The molecule has 96 valence electrons. The Labute approximate surface area is 107 Å². The molecule has 1 aromatic carbocycles. The zero-order chi connectivity index (χ0) is 13.0. The SMILES string of the molecule is NC1(Cc2ccccc2)CCCN(CC=O)C1=O. The van der Waals surface area contributed by atoms with E-state index in [1.54, 1.807) is 4.90 Å². The molecule has 1 aliphatic heterocycles. The Kier molecular flexibility index (Phi) is 3.77. The lowest BCUT2D eigenvalue weighted by Crippen LogP contribution is -2.60. The second kappa shape index (κ2) is 5.31. The fraction of sp³-hybridized carbons (Fsp3) is 0.429.